The second-order valence-corrected chi connectivity index (χ2v) is 10.5. The summed E-state index contributed by atoms with van der Waals surface area (Å²) < 4.78 is 7.97. The van der Waals surface area contributed by atoms with Crippen LogP contribution in [0.25, 0.3) is 21.9 Å². The van der Waals surface area contributed by atoms with Gasteiger partial charge in [-0.1, -0.05) is 0 Å². The first-order valence-electron chi connectivity index (χ1n) is 11.6. The van der Waals surface area contributed by atoms with Gasteiger partial charge in [0, 0.05) is 31.0 Å². The summed E-state index contributed by atoms with van der Waals surface area (Å²) in [7, 11) is 0. The first-order chi connectivity index (χ1) is 16.6. The van der Waals surface area contributed by atoms with Crippen LogP contribution < -0.4 is 10.1 Å². The number of hydrogen-bond acceptors (Lipinski definition) is 8. The van der Waals surface area contributed by atoms with Gasteiger partial charge in [-0.3, -0.25) is 0 Å². The Morgan fingerprint density at radius 3 is 2.85 bits per heavy atom. The lowest BCUT2D eigenvalue weighted by molar-refractivity contribution is 0.0128. The summed E-state index contributed by atoms with van der Waals surface area (Å²) in [4.78, 5) is 13.3. The van der Waals surface area contributed by atoms with Crippen molar-refractivity contribution in [2.75, 3.05) is 18.5 Å². The second kappa shape index (κ2) is 8.72. The Hall–Kier alpha value is -2.88. The van der Waals surface area contributed by atoms with Crippen LogP contribution in [0.2, 0.25) is 0 Å². The molecule has 0 radical (unpaired) electrons. The second-order valence-electron chi connectivity index (χ2n) is 9.15. The van der Waals surface area contributed by atoms with Crippen LogP contribution in [0.1, 0.15) is 25.3 Å². The molecule has 0 bridgehead atoms. The van der Waals surface area contributed by atoms with Gasteiger partial charge in [0.05, 0.1) is 22.6 Å². The number of pyridine rings is 1. The minimum Gasteiger partial charge on any atom is -0.492 e. The number of hydrogen-bond donors (Lipinski definition) is 3. The number of fused-ring (bicyclic) bond motifs is 2. The summed E-state index contributed by atoms with van der Waals surface area (Å²) in [5, 5.41) is 26.3. The van der Waals surface area contributed by atoms with Crippen molar-refractivity contribution >= 4 is 39.5 Å². The summed E-state index contributed by atoms with van der Waals surface area (Å²) in [6.07, 6.45) is 4.18. The Labute approximate surface area is 202 Å². The van der Waals surface area contributed by atoms with E-state index in [1.807, 2.05) is 48.0 Å². The van der Waals surface area contributed by atoms with E-state index in [9.17, 15) is 10.2 Å². The number of benzene rings is 1. The minimum absolute atomic E-state index is 0. The average molecular weight is 480 g/mol. The van der Waals surface area contributed by atoms with Gasteiger partial charge >= 0.3 is 0 Å². The standard InChI is InChI=1S/C25H27N5O3S.H2/c1-14-18-8-9-30(24(18)28-13-27-14)25-23(32)22(31)20(34-25)12-33-17-6-4-16-5-7-21(29-19(16)10-17)26-11-15-2-3-15;/h4-10,13,15,20,22-23,25,31-32H,2-3,11-12H2,1H3,(H,26,29);1H/t20-,22-,23-,25-;/m1./s1. The summed E-state index contributed by atoms with van der Waals surface area (Å²) >= 11 is 1.50. The Kier molecular flexibility index (Phi) is 5.55. The molecule has 3 N–H and O–H groups in total. The lowest BCUT2D eigenvalue weighted by Gasteiger charge is -2.17. The lowest BCUT2D eigenvalue weighted by Crippen LogP contribution is -2.34. The van der Waals surface area contributed by atoms with E-state index in [0.29, 0.717) is 5.75 Å². The highest BCUT2D eigenvalue weighted by Crippen LogP contribution is 2.43. The van der Waals surface area contributed by atoms with Crippen LogP contribution >= 0.6 is 11.8 Å². The predicted octanol–water partition coefficient (Wildman–Crippen LogP) is 3.77. The molecule has 4 aromatic rings. The number of aryl methyl sites for hydroxylation is 1. The van der Waals surface area contributed by atoms with E-state index in [2.05, 4.69) is 21.4 Å². The zero-order valence-corrected chi connectivity index (χ0v) is 19.7. The molecule has 1 saturated carbocycles. The van der Waals surface area contributed by atoms with Crippen LogP contribution in [0.5, 0.6) is 5.75 Å². The number of ether oxygens (including phenoxy) is 1. The maximum Gasteiger partial charge on any atom is 0.144 e. The van der Waals surface area contributed by atoms with Gasteiger partial charge in [0.2, 0.25) is 0 Å². The van der Waals surface area contributed by atoms with Crippen LogP contribution in [0, 0.1) is 12.8 Å². The van der Waals surface area contributed by atoms with Gasteiger partial charge in [0.1, 0.15) is 41.6 Å². The van der Waals surface area contributed by atoms with Crippen LogP contribution in [0.4, 0.5) is 5.82 Å². The number of rotatable bonds is 7. The molecule has 1 saturated heterocycles. The largest absolute Gasteiger partial charge is 0.492 e. The van der Waals surface area contributed by atoms with Crippen molar-refractivity contribution in [2.24, 2.45) is 5.92 Å². The Balaban J connectivity index is 0.00000253. The SMILES string of the molecule is Cc1ncnc2c1ccn2[C@@H]1S[C@H](COc2ccc3ccc(NCC4CC4)nc3c2)[C@@H](O)[C@H]1O.[HH]. The Morgan fingerprint density at radius 2 is 2.00 bits per heavy atom. The van der Waals surface area contributed by atoms with Gasteiger partial charge in [-0.2, -0.15) is 0 Å². The first-order valence-corrected chi connectivity index (χ1v) is 12.6. The molecule has 8 nitrogen and oxygen atoms in total. The quantitative estimate of drug-likeness (QED) is 0.368. The molecular weight excluding hydrogens is 450 g/mol. The zero-order valence-electron chi connectivity index (χ0n) is 18.8. The number of nitrogens with one attached hydrogen (secondary N) is 1. The molecule has 178 valence electrons. The van der Waals surface area contributed by atoms with E-state index in [1.54, 1.807) is 0 Å². The van der Waals surface area contributed by atoms with Crippen molar-refractivity contribution in [2.45, 2.75) is 42.6 Å². The molecule has 1 aliphatic heterocycles. The number of aliphatic hydroxyl groups is 2. The summed E-state index contributed by atoms with van der Waals surface area (Å²) in [6, 6.07) is 11.9. The molecule has 34 heavy (non-hydrogen) atoms. The maximum atomic E-state index is 10.8. The molecule has 4 heterocycles. The maximum absolute atomic E-state index is 10.8. The molecule has 9 heteroatoms. The van der Waals surface area contributed by atoms with E-state index < -0.39 is 12.2 Å². The molecule has 1 aromatic carbocycles. The van der Waals surface area contributed by atoms with Crippen molar-refractivity contribution in [3.8, 4) is 5.75 Å². The number of nitrogens with zero attached hydrogens (tertiary/aromatic N) is 4. The van der Waals surface area contributed by atoms with Gasteiger partial charge in [-0.25, -0.2) is 15.0 Å². The molecule has 2 fully saturated rings. The fourth-order valence-electron chi connectivity index (χ4n) is 4.43. The van der Waals surface area contributed by atoms with Crippen molar-refractivity contribution in [1.29, 1.82) is 0 Å². The van der Waals surface area contributed by atoms with E-state index in [4.69, 9.17) is 9.72 Å². The van der Waals surface area contributed by atoms with Crippen LogP contribution in [-0.4, -0.2) is 60.3 Å². The van der Waals surface area contributed by atoms with E-state index in [0.717, 1.165) is 45.9 Å². The van der Waals surface area contributed by atoms with Crippen LogP contribution in [0.15, 0.2) is 48.9 Å². The first kappa shape index (κ1) is 21.6. The van der Waals surface area contributed by atoms with Crippen molar-refractivity contribution in [3.63, 3.8) is 0 Å². The zero-order chi connectivity index (χ0) is 23.2. The molecular formula is C25H29N5O3S. The van der Waals surface area contributed by atoms with Gasteiger partial charge in [0.25, 0.3) is 0 Å². The van der Waals surface area contributed by atoms with Gasteiger partial charge in [-0.15, -0.1) is 11.8 Å². The highest BCUT2D eigenvalue weighted by atomic mass is 32.2. The van der Waals surface area contributed by atoms with E-state index >= 15 is 0 Å². The number of thioether (sulfide) groups is 1. The summed E-state index contributed by atoms with van der Waals surface area (Å²) in [6.45, 7) is 3.18. The third kappa shape index (κ3) is 4.08. The summed E-state index contributed by atoms with van der Waals surface area (Å²) in [5.41, 5.74) is 2.51. The van der Waals surface area contributed by atoms with Crippen LogP contribution in [0.3, 0.4) is 0 Å². The number of anilines is 1. The molecule has 4 atom stereocenters. The van der Waals surface area contributed by atoms with E-state index in [1.165, 1.54) is 30.9 Å². The molecule has 0 unspecified atom stereocenters. The predicted molar refractivity (Wildman–Crippen MR) is 135 cm³/mol. The topological polar surface area (TPSA) is 105 Å². The smallest absolute Gasteiger partial charge is 0.144 e. The highest BCUT2D eigenvalue weighted by molar-refractivity contribution is 8.00. The average Bonchev–Trinajstić information content (AvgIpc) is 3.52. The Bertz CT molecular complexity index is 1350. The number of aromatic nitrogens is 4. The third-order valence-electron chi connectivity index (χ3n) is 6.67. The molecule has 3 aromatic heterocycles. The minimum atomic E-state index is -0.928. The molecule has 0 amide bonds. The normalized spacial score (nSPS) is 24.7. The molecule has 6 rings (SSSR count). The monoisotopic (exact) mass is 479 g/mol. The van der Waals surface area contributed by atoms with Crippen molar-refractivity contribution < 1.29 is 16.4 Å². The molecule has 1 aliphatic carbocycles. The van der Waals surface area contributed by atoms with E-state index in [-0.39, 0.29) is 18.7 Å². The van der Waals surface area contributed by atoms with Gasteiger partial charge in [0.15, 0.2) is 0 Å². The number of aliphatic hydroxyl groups excluding tert-OH is 2. The fraction of sp³-hybridized carbons (Fsp3) is 0.400. The molecule has 0 spiro atoms. The van der Waals surface area contributed by atoms with Crippen LogP contribution in [-0.2, 0) is 0 Å². The van der Waals surface area contributed by atoms with Crippen molar-refractivity contribution in [3.05, 3.63) is 54.6 Å². The fourth-order valence-corrected chi connectivity index (χ4v) is 5.88. The Morgan fingerprint density at radius 1 is 1.15 bits per heavy atom. The molecule has 2 aliphatic rings. The third-order valence-corrected chi connectivity index (χ3v) is 8.22. The summed E-state index contributed by atoms with van der Waals surface area (Å²) in [5.74, 6) is 2.35. The lowest BCUT2D eigenvalue weighted by atomic mass is 10.1. The van der Waals surface area contributed by atoms with Gasteiger partial charge < -0.3 is 24.8 Å². The van der Waals surface area contributed by atoms with Gasteiger partial charge in [-0.05, 0) is 56.0 Å². The highest BCUT2D eigenvalue weighted by Gasteiger charge is 2.44. The van der Waals surface area contributed by atoms with Crippen molar-refractivity contribution in [1.82, 2.24) is 19.5 Å².